The molecule has 0 bridgehead atoms. The highest BCUT2D eigenvalue weighted by Gasteiger charge is 2.28. The van der Waals surface area contributed by atoms with Gasteiger partial charge in [0.25, 0.3) is 10.0 Å². The summed E-state index contributed by atoms with van der Waals surface area (Å²) in [6.07, 6.45) is 0. The summed E-state index contributed by atoms with van der Waals surface area (Å²) in [5.74, 6) is -0.509. The second-order valence-corrected chi connectivity index (χ2v) is 8.90. The first-order valence-electron chi connectivity index (χ1n) is 8.68. The van der Waals surface area contributed by atoms with Crippen molar-refractivity contribution < 1.29 is 12.8 Å². The van der Waals surface area contributed by atoms with E-state index in [0.717, 1.165) is 11.6 Å². The average Bonchev–Trinajstić information content (AvgIpc) is 2.96. The molecular weight excluding hydrogens is 397 g/mol. The number of aromatic nitrogens is 1. The van der Waals surface area contributed by atoms with Crippen LogP contribution in [0.15, 0.2) is 71.6 Å². The Morgan fingerprint density at radius 1 is 0.929 bits per heavy atom. The fourth-order valence-corrected chi connectivity index (χ4v) is 5.39. The predicted molar refractivity (Wildman–Crippen MR) is 111 cm³/mol. The third kappa shape index (κ3) is 2.91. The van der Waals surface area contributed by atoms with Crippen LogP contribution in [-0.2, 0) is 10.0 Å². The molecule has 4 aromatic rings. The fraction of sp³-hybridized carbons (Fsp3) is 0.0909. The molecule has 6 heteroatoms. The van der Waals surface area contributed by atoms with Gasteiger partial charge in [0, 0.05) is 5.39 Å². The summed E-state index contributed by atoms with van der Waals surface area (Å²) in [6, 6.07) is 18.3. The molecule has 3 aromatic carbocycles. The van der Waals surface area contributed by atoms with Gasteiger partial charge < -0.3 is 0 Å². The van der Waals surface area contributed by atoms with Crippen molar-refractivity contribution >= 4 is 32.5 Å². The Bertz CT molecular complexity index is 1290. The molecule has 0 amide bonds. The molecule has 0 unspecified atom stereocenters. The van der Waals surface area contributed by atoms with Crippen LogP contribution in [0.25, 0.3) is 22.2 Å². The minimum absolute atomic E-state index is 0.0518. The molecule has 0 radical (unpaired) electrons. The topological polar surface area (TPSA) is 39.1 Å². The van der Waals surface area contributed by atoms with E-state index < -0.39 is 15.8 Å². The van der Waals surface area contributed by atoms with Gasteiger partial charge in [-0.3, -0.25) is 0 Å². The number of fused-ring (bicyclic) bond motifs is 1. The lowest BCUT2D eigenvalue weighted by atomic mass is 10.1. The van der Waals surface area contributed by atoms with Crippen LogP contribution >= 0.6 is 11.6 Å². The van der Waals surface area contributed by atoms with E-state index in [1.165, 1.54) is 10.0 Å². The molecule has 0 saturated carbocycles. The summed E-state index contributed by atoms with van der Waals surface area (Å²) in [5, 5.41) is 0.524. The lowest BCUT2D eigenvalue weighted by Crippen LogP contribution is -2.14. The average molecular weight is 414 g/mol. The number of hydrogen-bond donors (Lipinski definition) is 0. The zero-order valence-corrected chi connectivity index (χ0v) is 16.9. The van der Waals surface area contributed by atoms with E-state index in [2.05, 4.69) is 0 Å². The molecule has 0 spiro atoms. The SMILES string of the molecule is Cc1ccc(S(=O)(=O)n2c(-c3ccccc3)c(C)c3cc(F)cc(Cl)c32)cc1. The van der Waals surface area contributed by atoms with Crippen molar-refractivity contribution in [3.8, 4) is 11.3 Å². The van der Waals surface area contributed by atoms with Gasteiger partial charge in [-0.2, -0.15) is 0 Å². The van der Waals surface area contributed by atoms with Crippen LogP contribution in [0.3, 0.4) is 0 Å². The maximum atomic E-state index is 14.0. The lowest BCUT2D eigenvalue weighted by molar-refractivity contribution is 0.589. The minimum atomic E-state index is -3.97. The van der Waals surface area contributed by atoms with Crippen LogP contribution in [0, 0.1) is 19.7 Å². The van der Waals surface area contributed by atoms with E-state index in [-0.39, 0.29) is 15.4 Å². The Kier molecular flexibility index (Phi) is 4.52. The normalized spacial score (nSPS) is 11.9. The van der Waals surface area contributed by atoms with E-state index in [1.807, 2.05) is 37.3 Å². The molecule has 1 heterocycles. The summed E-state index contributed by atoms with van der Waals surface area (Å²) >= 11 is 6.33. The van der Waals surface area contributed by atoms with Crippen molar-refractivity contribution in [2.45, 2.75) is 18.7 Å². The maximum absolute atomic E-state index is 14.0. The molecule has 0 aliphatic heterocycles. The third-order valence-corrected chi connectivity index (χ3v) is 6.80. The van der Waals surface area contributed by atoms with E-state index in [9.17, 15) is 12.8 Å². The Labute approximate surface area is 168 Å². The van der Waals surface area contributed by atoms with Gasteiger partial charge >= 0.3 is 0 Å². The summed E-state index contributed by atoms with van der Waals surface area (Å²) in [6.45, 7) is 3.67. The highest BCUT2D eigenvalue weighted by atomic mass is 35.5. The number of aryl methyl sites for hydroxylation is 2. The van der Waals surface area contributed by atoms with Gasteiger partial charge in [-0.1, -0.05) is 59.6 Å². The summed E-state index contributed by atoms with van der Waals surface area (Å²) in [4.78, 5) is 0.146. The number of halogens is 2. The third-order valence-electron chi connectivity index (χ3n) is 4.80. The molecular formula is C22H17ClFNO2S. The number of nitrogens with zero attached hydrogens (tertiary/aromatic N) is 1. The van der Waals surface area contributed by atoms with Gasteiger partial charge in [0.05, 0.1) is 21.1 Å². The van der Waals surface area contributed by atoms with E-state index in [0.29, 0.717) is 22.2 Å². The first-order chi connectivity index (χ1) is 13.3. The fourth-order valence-electron chi connectivity index (χ4n) is 3.44. The van der Waals surface area contributed by atoms with Gasteiger partial charge in [-0.25, -0.2) is 16.8 Å². The Balaban J connectivity index is 2.16. The van der Waals surface area contributed by atoms with Crippen LogP contribution < -0.4 is 0 Å². The predicted octanol–water partition coefficient (Wildman–Crippen LogP) is 5.95. The molecule has 0 saturated heterocycles. The van der Waals surface area contributed by atoms with Crippen molar-refractivity contribution in [1.82, 2.24) is 3.97 Å². The molecule has 1 aromatic heterocycles. The zero-order chi connectivity index (χ0) is 20.1. The molecule has 0 aliphatic rings. The van der Waals surface area contributed by atoms with E-state index >= 15 is 0 Å². The minimum Gasteiger partial charge on any atom is -0.231 e. The van der Waals surface area contributed by atoms with Crippen LogP contribution in [-0.4, -0.2) is 12.4 Å². The molecule has 3 nitrogen and oxygen atoms in total. The second kappa shape index (κ2) is 6.76. The summed E-state index contributed by atoms with van der Waals surface area (Å²) in [5.41, 5.74) is 3.07. The van der Waals surface area contributed by atoms with Crippen molar-refractivity contribution in [3.05, 3.63) is 88.7 Å². The Morgan fingerprint density at radius 2 is 1.57 bits per heavy atom. The molecule has 0 aliphatic carbocycles. The quantitative estimate of drug-likeness (QED) is 0.416. The zero-order valence-electron chi connectivity index (χ0n) is 15.3. The molecule has 0 atom stereocenters. The first-order valence-corrected chi connectivity index (χ1v) is 10.5. The van der Waals surface area contributed by atoms with E-state index in [4.69, 9.17) is 11.6 Å². The largest absolute Gasteiger partial charge is 0.268 e. The van der Waals surface area contributed by atoms with Crippen molar-refractivity contribution in [2.24, 2.45) is 0 Å². The monoisotopic (exact) mass is 413 g/mol. The van der Waals surface area contributed by atoms with Gasteiger partial charge in [-0.15, -0.1) is 0 Å². The van der Waals surface area contributed by atoms with Crippen LogP contribution in [0.4, 0.5) is 4.39 Å². The smallest absolute Gasteiger partial charge is 0.231 e. The van der Waals surface area contributed by atoms with Crippen molar-refractivity contribution in [2.75, 3.05) is 0 Å². The number of hydrogen-bond acceptors (Lipinski definition) is 2. The van der Waals surface area contributed by atoms with Gasteiger partial charge in [-0.05, 0) is 49.2 Å². The Morgan fingerprint density at radius 3 is 2.21 bits per heavy atom. The van der Waals surface area contributed by atoms with Gasteiger partial charge in [0.15, 0.2) is 0 Å². The van der Waals surface area contributed by atoms with E-state index in [1.54, 1.807) is 31.2 Å². The molecule has 142 valence electrons. The standard InChI is InChI=1S/C22H17ClFNO2S/c1-14-8-10-18(11-9-14)28(26,27)25-21(16-6-4-3-5-7-16)15(2)19-12-17(24)13-20(23)22(19)25/h3-13H,1-2H3. The van der Waals surface area contributed by atoms with Crippen LogP contribution in [0.1, 0.15) is 11.1 Å². The second-order valence-electron chi connectivity index (χ2n) is 6.71. The molecule has 0 N–H and O–H groups in total. The number of benzene rings is 3. The molecule has 0 fully saturated rings. The molecule has 4 rings (SSSR count). The highest BCUT2D eigenvalue weighted by molar-refractivity contribution is 7.90. The highest BCUT2D eigenvalue weighted by Crippen LogP contribution is 2.39. The Hall–Kier alpha value is -2.63. The van der Waals surface area contributed by atoms with Gasteiger partial charge in [0.2, 0.25) is 0 Å². The van der Waals surface area contributed by atoms with Crippen LogP contribution in [0.5, 0.6) is 0 Å². The van der Waals surface area contributed by atoms with Gasteiger partial charge in [0.1, 0.15) is 5.82 Å². The van der Waals surface area contributed by atoms with Crippen LogP contribution in [0.2, 0.25) is 5.02 Å². The lowest BCUT2D eigenvalue weighted by Gasteiger charge is -2.14. The summed E-state index contributed by atoms with van der Waals surface area (Å²) < 4.78 is 42.5. The maximum Gasteiger partial charge on any atom is 0.268 e. The molecule has 28 heavy (non-hydrogen) atoms. The number of rotatable bonds is 3. The van der Waals surface area contributed by atoms with Crippen molar-refractivity contribution in [1.29, 1.82) is 0 Å². The summed E-state index contributed by atoms with van der Waals surface area (Å²) in [7, 11) is -3.97. The first kappa shape index (κ1) is 18.7. The van der Waals surface area contributed by atoms with Crippen molar-refractivity contribution in [3.63, 3.8) is 0 Å².